The number of carbonyl (C=O) groups excluding carboxylic acids is 3. The molecular formula is C22H28N4O4. The molecule has 3 N–H and O–H groups in total. The second-order valence-corrected chi connectivity index (χ2v) is 6.50. The summed E-state index contributed by atoms with van der Waals surface area (Å²) < 4.78 is 5.11. The molecule has 0 bridgehead atoms. The van der Waals surface area contributed by atoms with Crippen molar-refractivity contribution in [2.75, 3.05) is 32.1 Å². The summed E-state index contributed by atoms with van der Waals surface area (Å²) in [5.41, 5.74) is 1.32. The molecule has 2 aromatic carbocycles. The zero-order valence-corrected chi connectivity index (χ0v) is 17.5. The fourth-order valence-electron chi connectivity index (χ4n) is 2.99. The molecule has 0 fully saturated rings. The number of benzene rings is 2. The second kappa shape index (κ2) is 11.6. The lowest BCUT2D eigenvalue weighted by Crippen LogP contribution is -2.48. The Balaban J connectivity index is 2.16. The van der Waals surface area contributed by atoms with Crippen LogP contribution in [-0.2, 0) is 9.59 Å². The Morgan fingerprint density at radius 1 is 1.00 bits per heavy atom. The molecule has 0 aliphatic rings. The van der Waals surface area contributed by atoms with Gasteiger partial charge in [-0.15, -0.1) is 0 Å². The zero-order valence-electron chi connectivity index (χ0n) is 17.5. The molecule has 0 aliphatic heterocycles. The maximum Gasteiger partial charge on any atom is 0.321 e. The first kappa shape index (κ1) is 22.9. The highest BCUT2D eigenvalue weighted by atomic mass is 16.5. The molecule has 4 amide bonds. The van der Waals surface area contributed by atoms with Gasteiger partial charge in [0.25, 0.3) is 0 Å². The summed E-state index contributed by atoms with van der Waals surface area (Å²) in [6.45, 7) is 4.43. The molecule has 0 unspecified atom stereocenters. The normalized spacial score (nSPS) is 11.5. The average Bonchev–Trinajstić information content (AvgIpc) is 2.74. The molecule has 0 aromatic heterocycles. The van der Waals surface area contributed by atoms with Crippen molar-refractivity contribution < 1.29 is 19.1 Å². The number of imide groups is 1. The van der Waals surface area contributed by atoms with Gasteiger partial charge in [-0.3, -0.25) is 19.8 Å². The van der Waals surface area contributed by atoms with Crippen LogP contribution in [0.15, 0.2) is 54.6 Å². The number of amides is 4. The number of hydrogen-bond acceptors (Lipinski definition) is 5. The highest BCUT2D eigenvalue weighted by molar-refractivity contribution is 5.98. The average molecular weight is 412 g/mol. The molecule has 2 aromatic rings. The van der Waals surface area contributed by atoms with Crippen LogP contribution < -0.4 is 20.7 Å². The predicted octanol–water partition coefficient (Wildman–Crippen LogP) is 2.54. The van der Waals surface area contributed by atoms with Gasteiger partial charge in [0.05, 0.1) is 13.7 Å². The number of rotatable bonds is 9. The first-order valence-electron chi connectivity index (χ1n) is 9.80. The molecule has 0 saturated carbocycles. The van der Waals surface area contributed by atoms with E-state index in [1.807, 2.05) is 25.1 Å². The Hall–Kier alpha value is -3.39. The summed E-state index contributed by atoms with van der Waals surface area (Å²) in [6, 6.07) is 14.7. The lowest BCUT2D eigenvalue weighted by Gasteiger charge is -2.29. The van der Waals surface area contributed by atoms with E-state index in [1.165, 1.54) is 0 Å². The molecule has 2 rings (SSSR count). The first-order chi connectivity index (χ1) is 14.5. The van der Waals surface area contributed by atoms with E-state index < -0.39 is 18.0 Å². The van der Waals surface area contributed by atoms with Gasteiger partial charge in [0, 0.05) is 12.2 Å². The number of nitrogens with zero attached hydrogens (tertiary/aromatic N) is 1. The molecule has 0 saturated heterocycles. The summed E-state index contributed by atoms with van der Waals surface area (Å²) in [6.07, 6.45) is 0. The molecular weight excluding hydrogens is 384 g/mol. The number of ether oxygens (including phenoxy) is 1. The summed E-state index contributed by atoms with van der Waals surface area (Å²) in [5.74, 6) is -0.0747. The molecule has 30 heavy (non-hydrogen) atoms. The van der Waals surface area contributed by atoms with Crippen LogP contribution in [-0.4, -0.2) is 49.5 Å². The molecule has 8 nitrogen and oxygen atoms in total. The Morgan fingerprint density at radius 3 is 2.23 bits per heavy atom. The fraction of sp³-hybridized carbons (Fsp3) is 0.318. The van der Waals surface area contributed by atoms with Crippen molar-refractivity contribution in [1.29, 1.82) is 0 Å². The van der Waals surface area contributed by atoms with E-state index in [-0.39, 0.29) is 12.5 Å². The summed E-state index contributed by atoms with van der Waals surface area (Å²) in [4.78, 5) is 39.1. The van der Waals surface area contributed by atoms with E-state index >= 15 is 0 Å². The lowest BCUT2D eigenvalue weighted by atomic mass is 10.0. The van der Waals surface area contributed by atoms with E-state index in [4.69, 9.17) is 4.74 Å². The Labute approximate surface area is 176 Å². The van der Waals surface area contributed by atoms with Gasteiger partial charge < -0.3 is 15.4 Å². The van der Waals surface area contributed by atoms with Crippen LogP contribution in [0.1, 0.15) is 25.5 Å². The topological polar surface area (TPSA) is 99.8 Å². The maximum absolute atomic E-state index is 12.9. The quantitative estimate of drug-likeness (QED) is 0.588. The fourth-order valence-corrected chi connectivity index (χ4v) is 2.99. The molecule has 8 heteroatoms. The van der Waals surface area contributed by atoms with Crippen LogP contribution in [0.2, 0.25) is 0 Å². The van der Waals surface area contributed by atoms with E-state index in [9.17, 15) is 14.4 Å². The van der Waals surface area contributed by atoms with Gasteiger partial charge in [0.2, 0.25) is 11.8 Å². The number of urea groups is 1. The van der Waals surface area contributed by atoms with Crippen molar-refractivity contribution in [2.24, 2.45) is 0 Å². The smallest absolute Gasteiger partial charge is 0.321 e. The van der Waals surface area contributed by atoms with Crippen molar-refractivity contribution in [3.05, 3.63) is 60.2 Å². The molecule has 0 aliphatic carbocycles. The number of nitrogens with one attached hydrogen (secondary N) is 3. The highest BCUT2D eigenvalue weighted by Crippen LogP contribution is 2.21. The standard InChI is InChI=1S/C22H28N4O4/c1-4-23-22(29)25-21(28)20(16-9-7-6-8-10-16)26(5-2)15-19(27)24-17-11-13-18(30-3)14-12-17/h6-14,20H,4-5,15H2,1-3H3,(H,24,27)(H2,23,25,28,29)/t20-/m1/s1. The largest absolute Gasteiger partial charge is 0.497 e. The van der Waals surface area contributed by atoms with Gasteiger partial charge >= 0.3 is 6.03 Å². The third-order valence-electron chi connectivity index (χ3n) is 4.43. The minimum atomic E-state index is -0.791. The number of anilines is 1. The third kappa shape index (κ3) is 6.59. The minimum Gasteiger partial charge on any atom is -0.497 e. The maximum atomic E-state index is 12.9. The molecule has 0 radical (unpaired) electrons. The van der Waals surface area contributed by atoms with Crippen LogP contribution >= 0.6 is 0 Å². The molecule has 0 heterocycles. The lowest BCUT2D eigenvalue weighted by molar-refractivity contribution is -0.127. The summed E-state index contributed by atoms with van der Waals surface area (Å²) in [7, 11) is 1.57. The Bertz CT molecular complexity index is 840. The monoisotopic (exact) mass is 412 g/mol. The van der Waals surface area contributed by atoms with E-state index in [2.05, 4.69) is 16.0 Å². The zero-order chi connectivity index (χ0) is 21.9. The van der Waals surface area contributed by atoms with Gasteiger partial charge in [-0.1, -0.05) is 37.3 Å². The van der Waals surface area contributed by atoms with Gasteiger partial charge in [-0.05, 0) is 43.3 Å². The van der Waals surface area contributed by atoms with Crippen LogP contribution in [0.25, 0.3) is 0 Å². The molecule has 1 atom stereocenters. The first-order valence-corrected chi connectivity index (χ1v) is 9.80. The summed E-state index contributed by atoms with van der Waals surface area (Å²) >= 11 is 0. The Morgan fingerprint density at radius 2 is 1.67 bits per heavy atom. The van der Waals surface area contributed by atoms with Crippen LogP contribution in [0.4, 0.5) is 10.5 Å². The highest BCUT2D eigenvalue weighted by Gasteiger charge is 2.29. The van der Waals surface area contributed by atoms with Gasteiger partial charge in [0.1, 0.15) is 11.8 Å². The van der Waals surface area contributed by atoms with E-state index in [0.717, 1.165) is 0 Å². The van der Waals surface area contributed by atoms with Crippen molar-refractivity contribution in [1.82, 2.24) is 15.5 Å². The van der Waals surface area contributed by atoms with Gasteiger partial charge in [-0.2, -0.15) is 0 Å². The van der Waals surface area contributed by atoms with Crippen molar-refractivity contribution in [3.8, 4) is 5.75 Å². The van der Waals surface area contributed by atoms with Crippen molar-refractivity contribution in [2.45, 2.75) is 19.9 Å². The van der Waals surface area contributed by atoms with E-state index in [1.54, 1.807) is 55.3 Å². The Kier molecular flexibility index (Phi) is 8.83. The number of likely N-dealkylation sites (N-methyl/N-ethyl adjacent to an activating group) is 1. The van der Waals surface area contributed by atoms with Gasteiger partial charge in [-0.25, -0.2) is 4.79 Å². The second-order valence-electron chi connectivity index (χ2n) is 6.50. The van der Waals surface area contributed by atoms with Gasteiger partial charge in [0.15, 0.2) is 0 Å². The van der Waals surface area contributed by atoms with Crippen LogP contribution in [0.5, 0.6) is 5.75 Å². The van der Waals surface area contributed by atoms with Crippen LogP contribution in [0, 0.1) is 0 Å². The third-order valence-corrected chi connectivity index (χ3v) is 4.43. The predicted molar refractivity (Wildman–Crippen MR) is 115 cm³/mol. The van der Waals surface area contributed by atoms with E-state index in [0.29, 0.717) is 30.1 Å². The summed E-state index contributed by atoms with van der Waals surface area (Å²) in [5, 5.41) is 7.71. The number of hydrogen-bond donors (Lipinski definition) is 3. The SMILES string of the molecule is CCNC(=O)NC(=O)[C@@H](c1ccccc1)N(CC)CC(=O)Nc1ccc(OC)cc1. The van der Waals surface area contributed by atoms with Crippen LogP contribution in [0.3, 0.4) is 0 Å². The minimum absolute atomic E-state index is 0.0229. The number of carbonyl (C=O) groups is 3. The molecule has 160 valence electrons. The van der Waals surface area contributed by atoms with Crippen molar-refractivity contribution >= 4 is 23.5 Å². The number of methoxy groups -OCH3 is 1. The van der Waals surface area contributed by atoms with Crippen molar-refractivity contribution in [3.63, 3.8) is 0 Å². The molecule has 0 spiro atoms.